The van der Waals surface area contributed by atoms with E-state index in [2.05, 4.69) is 22.2 Å². The number of ether oxygens (including phenoxy) is 2. The van der Waals surface area contributed by atoms with Gasteiger partial charge in [-0.05, 0) is 26.3 Å². The number of nitrogens with one attached hydrogen (secondary N) is 2. The van der Waals surface area contributed by atoms with Crippen LogP contribution in [0.5, 0.6) is 0 Å². The Kier molecular flexibility index (Phi) is 17.3. The topological polar surface area (TPSA) is 227 Å². The zero-order valence-electron chi connectivity index (χ0n) is 32.3. The number of hydrogen-bond acceptors (Lipinski definition) is 11. The lowest BCUT2D eigenvalue weighted by Gasteiger charge is -2.40. The number of H-pyrrole nitrogens is 1. The molecule has 8 atom stereocenters. The molecule has 0 aromatic carbocycles. The van der Waals surface area contributed by atoms with Crippen LogP contribution in [-0.2, 0) is 18.6 Å². The van der Waals surface area contributed by atoms with Gasteiger partial charge in [-0.2, -0.15) is 4.98 Å². The molecular formula is C37H61FN5O11P. The fourth-order valence-corrected chi connectivity index (χ4v) is 8.30. The molecular weight excluding hydrogens is 740 g/mol. The Bertz CT molecular complexity index is 1720. The summed E-state index contributed by atoms with van der Waals surface area (Å²) in [7, 11) is -5.45. The van der Waals surface area contributed by atoms with E-state index in [0.717, 1.165) is 41.5 Å². The molecule has 16 nitrogen and oxygen atoms in total. The second-order valence-electron chi connectivity index (χ2n) is 15.2. The number of hydrogen-bond donors (Lipinski definition) is 6. The Morgan fingerprint density at radius 2 is 1.47 bits per heavy atom. The van der Waals surface area contributed by atoms with Gasteiger partial charge in [0.25, 0.3) is 5.56 Å². The maximum absolute atomic E-state index is 15.7. The molecule has 2 fully saturated rings. The van der Waals surface area contributed by atoms with E-state index in [1.807, 2.05) is 0 Å². The van der Waals surface area contributed by atoms with Gasteiger partial charge in [-0.15, -0.1) is 0 Å². The molecule has 0 amide bonds. The van der Waals surface area contributed by atoms with E-state index in [1.165, 1.54) is 103 Å². The Balaban J connectivity index is 1.26. The summed E-state index contributed by atoms with van der Waals surface area (Å²) in [5, 5.41) is 25.2. The molecule has 0 saturated carbocycles. The molecule has 0 bridgehead atoms. The van der Waals surface area contributed by atoms with Crippen molar-refractivity contribution in [3.63, 3.8) is 0 Å². The summed E-state index contributed by atoms with van der Waals surface area (Å²) in [5.41, 5.74) is -4.77. The van der Waals surface area contributed by atoms with Gasteiger partial charge in [0.1, 0.15) is 48.2 Å². The molecule has 8 unspecified atom stereocenters. The van der Waals surface area contributed by atoms with E-state index in [1.54, 1.807) is 0 Å². The number of anilines is 1. The number of aryl methyl sites for hydroxylation is 1. The molecule has 6 N–H and O–H groups in total. The van der Waals surface area contributed by atoms with Gasteiger partial charge in [-0.25, -0.2) is 18.5 Å². The van der Waals surface area contributed by atoms with Crippen molar-refractivity contribution in [1.82, 2.24) is 19.1 Å². The molecule has 4 heterocycles. The maximum atomic E-state index is 15.7. The molecule has 2 aromatic heterocycles. The maximum Gasteiger partial charge on any atom is 0.470 e. The first kappa shape index (κ1) is 44.9. The SMILES string of the molecule is CCCCCCCCCCCCCCCCCCNc1ccn(C2OC(C(C)(OP(=O)(O)O)C3OC(n4cc(C)c(=O)[nH]c4=O)CC3F)C(O)C2O)c(=O)n1. The van der Waals surface area contributed by atoms with Crippen LogP contribution in [0.3, 0.4) is 0 Å². The summed E-state index contributed by atoms with van der Waals surface area (Å²) in [4.78, 5) is 63.2. The molecule has 0 radical (unpaired) electrons. The van der Waals surface area contributed by atoms with Gasteiger partial charge >= 0.3 is 19.2 Å². The smallest absolute Gasteiger partial charge is 0.387 e. The van der Waals surface area contributed by atoms with Crippen LogP contribution < -0.4 is 22.3 Å². The minimum absolute atomic E-state index is 0.122. The van der Waals surface area contributed by atoms with Crippen LogP contribution in [0.15, 0.2) is 32.8 Å². The number of alkyl halides is 1. The van der Waals surface area contributed by atoms with Crippen molar-refractivity contribution in [2.75, 3.05) is 11.9 Å². The van der Waals surface area contributed by atoms with Crippen molar-refractivity contribution in [2.45, 2.75) is 179 Å². The van der Waals surface area contributed by atoms with Crippen LogP contribution in [0, 0.1) is 6.92 Å². The van der Waals surface area contributed by atoms with E-state index >= 15 is 4.39 Å². The fourth-order valence-electron chi connectivity index (χ4n) is 7.58. The quantitative estimate of drug-likeness (QED) is 0.0615. The summed E-state index contributed by atoms with van der Waals surface area (Å²) in [6.07, 6.45) is 9.67. The molecule has 2 aliphatic rings. The molecule has 0 spiro atoms. The highest BCUT2D eigenvalue weighted by Crippen LogP contribution is 2.51. The summed E-state index contributed by atoms with van der Waals surface area (Å²) in [6, 6.07) is 1.49. The van der Waals surface area contributed by atoms with E-state index in [9.17, 15) is 38.9 Å². The molecule has 55 heavy (non-hydrogen) atoms. The van der Waals surface area contributed by atoms with Gasteiger partial charge in [0.2, 0.25) is 0 Å². The molecule has 18 heteroatoms. The molecule has 2 aromatic rings. The fraction of sp³-hybridized carbons (Fsp3) is 0.784. The Hall–Kier alpha value is -2.76. The number of unbranched alkanes of at least 4 members (excludes halogenated alkanes) is 15. The molecule has 2 aliphatic heterocycles. The molecule has 4 rings (SSSR count). The monoisotopic (exact) mass is 801 g/mol. The second-order valence-corrected chi connectivity index (χ2v) is 16.3. The molecule has 312 valence electrons. The van der Waals surface area contributed by atoms with Gasteiger partial charge in [-0.1, -0.05) is 103 Å². The Morgan fingerprint density at radius 1 is 0.909 bits per heavy atom. The van der Waals surface area contributed by atoms with Crippen molar-refractivity contribution in [3.05, 3.63) is 55.3 Å². The van der Waals surface area contributed by atoms with Gasteiger partial charge in [0, 0.05) is 30.9 Å². The summed E-state index contributed by atoms with van der Waals surface area (Å²) in [6.45, 7) is 5.29. The average molecular weight is 802 g/mol. The number of nitrogens with zero attached hydrogens (tertiary/aromatic N) is 3. The van der Waals surface area contributed by atoms with Gasteiger partial charge in [0.05, 0.1) is 0 Å². The molecule has 0 aliphatic carbocycles. The van der Waals surface area contributed by atoms with Crippen LogP contribution in [0.25, 0.3) is 0 Å². The third-order valence-corrected chi connectivity index (χ3v) is 11.3. The first-order chi connectivity index (χ1) is 26.2. The van der Waals surface area contributed by atoms with Gasteiger partial charge in [0.15, 0.2) is 6.23 Å². The number of aromatic amines is 1. The lowest BCUT2D eigenvalue weighted by atomic mass is 9.86. The highest BCUT2D eigenvalue weighted by molar-refractivity contribution is 7.46. The predicted molar refractivity (Wildman–Crippen MR) is 203 cm³/mol. The number of aliphatic hydroxyl groups excluding tert-OH is 2. The number of rotatable bonds is 24. The van der Waals surface area contributed by atoms with Crippen molar-refractivity contribution < 1.29 is 43.0 Å². The third kappa shape index (κ3) is 12.6. The van der Waals surface area contributed by atoms with Crippen LogP contribution in [0.1, 0.15) is 141 Å². The highest BCUT2D eigenvalue weighted by Gasteiger charge is 2.62. The number of aromatic nitrogens is 4. The Labute approximate surface area is 321 Å². The minimum Gasteiger partial charge on any atom is -0.387 e. The van der Waals surface area contributed by atoms with Gasteiger partial charge < -0.3 is 34.8 Å². The van der Waals surface area contributed by atoms with Crippen LogP contribution in [0.4, 0.5) is 10.2 Å². The van der Waals surface area contributed by atoms with Crippen molar-refractivity contribution in [2.24, 2.45) is 0 Å². The highest BCUT2D eigenvalue weighted by atomic mass is 31.2. The normalized spacial score (nSPS) is 25.3. The lowest BCUT2D eigenvalue weighted by molar-refractivity contribution is -0.193. The average Bonchev–Trinajstić information content (AvgIpc) is 3.66. The van der Waals surface area contributed by atoms with Crippen LogP contribution in [-0.4, -0.2) is 81.8 Å². The summed E-state index contributed by atoms with van der Waals surface area (Å²) >= 11 is 0. The molecule has 2 saturated heterocycles. The number of aliphatic hydroxyl groups is 2. The first-order valence-corrected chi connectivity index (χ1v) is 21.4. The minimum atomic E-state index is -5.45. The number of halogens is 1. The summed E-state index contributed by atoms with van der Waals surface area (Å²) in [5.74, 6) is 0.292. The first-order valence-electron chi connectivity index (χ1n) is 19.9. The van der Waals surface area contributed by atoms with Crippen LogP contribution in [0.2, 0.25) is 0 Å². The van der Waals surface area contributed by atoms with E-state index in [-0.39, 0.29) is 5.56 Å². The van der Waals surface area contributed by atoms with E-state index < -0.39 is 79.8 Å². The van der Waals surface area contributed by atoms with Crippen molar-refractivity contribution in [3.8, 4) is 0 Å². The third-order valence-electron chi connectivity index (χ3n) is 10.6. The largest absolute Gasteiger partial charge is 0.470 e. The number of phosphoric ester groups is 1. The Morgan fingerprint density at radius 3 is 2.02 bits per heavy atom. The van der Waals surface area contributed by atoms with Gasteiger partial charge in [-0.3, -0.25) is 23.4 Å². The zero-order valence-corrected chi connectivity index (χ0v) is 33.2. The van der Waals surface area contributed by atoms with Crippen LogP contribution >= 0.6 is 7.82 Å². The van der Waals surface area contributed by atoms with Crippen molar-refractivity contribution >= 4 is 13.6 Å². The zero-order chi connectivity index (χ0) is 40.2. The van der Waals surface area contributed by atoms with E-state index in [0.29, 0.717) is 12.4 Å². The van der Waals surface area contributed by atoms with E-state index in [4.69, 9.17) is 14.0 Å². The summed E-state index contributed by atoms with van der Waals surface area (Å²) < 4.78 is 46.4. The second kappa shape index (κ2) is 21.1. The lowest BCUT2D eigenvalue weighted by Crippen LogP contribution is -2.58. The number of phosphoric acid groups is 1. The predicted octanol–water partition coefficient (Wildman–Crippen LogP) is 4.89. The van der Waals surface area contributed by atoms with Crippen molar-refractivity contribution in [1.29, 1.82) is 0 Å². The standard InChI is InChI=1S/C37H61FN5O11P/c1-4-5-6-7-8-9-10-11-12-13-14-15-16-17-18-19-21-39-27-20-22-42(35(47)40-27)34-30(45)29(44)32(53-34)37(3,54-55(49,50)51)31-26(38)23-28(52-31)43-24-25(2)33(46)41-36(43)48/h20,22,24,26,28-32,34,44-45H,4-19,21,23H2,1-3H3,(H,39,40,47)(H,41,46,48)(H2,49,50,51).